The molecule has 2 rings (SSSR count). The molecule has 1 aliphatic carbocycles. The van der Waals surface area contributed by atoms with Gasteiger partial charge in [0.05, 0.1) is 0 Å². The molecule has 0 fully saturated rings. The van der Waals surface area contributed by atoms with E-state index in [0.717, 1.165) is 17.7 Å². The van der Waals surface area contributed by atoms with Crippen LogP contribution in [0.1, 0.15) is 44.6 Å². The summed E-state index contributed by atoms with van der Waals surface area (Å²) in [6.45, 7) is 4.50. The molecule has 21 heavy (non-hydrogen) atoms. The maximum absolute atomic E-state index is 12.0. The van der Waals surface area contributed by atoms with Crippen LogP contribution in [0.25, 0.3) is 0 Å². The van der Waals surface area contributed by atoms with Crippen molar-refractivity contribution in [2.75, 3.05) is 6.54 Å². The second-order valence-electron chi connectivity index (χ2n) is 5.73. The fourth-order valence-electron chi connectivity index (χ4n) is 2.57. The largest absolute Gasteiger partial charge is 0.481 e. The van der Waals surface area contributed by atoms with E-state index in [1.807, 2.05) is 31.2 Å². The molecular formula is C18H25NO2. The number of ether oxygens (including phenoxy) is 1. The third-order valence-corrected chi connectivity index (χ3v) is 3.80. The van der Waals surface area contributed by atoms with Gasteiger partial charge in [0.2, 0.25) is 0 Å². The third-order valence-electron chi connectivity index (χ3n) is 3.80. The zero-order valence-corrected chi connectivity index (χ0v) is 13.0. The molecule has 1 aromatic rings. The Kier molecular flexibility index (Phi) is 5.85. The molecule has 0 aromatic heterocycles. The molecule has 0 saturated heterocycles. The molecule has 1 N–H and O–H groups in total. The van der Waals surface area contributed by atoms with Crippen LogP contribution >= 0.6 is 0 Å². The molecule has 1 atom stereocenters. The summed E-state index contributed by atoms with van der Waals surface area (Å²) in [5.74, 6) is 0.695. The molecule has 0 radical (unpaired) electrons. The molecule has 1 aromatic carbocycles. The van der Waals surface area contributed by atoms with Crippen molar-refractivity contribution in [3.8, 4) is 5.75 Å². The summed E-state index contributed by atoms with van der Waals surface area (Å²) < 4.78 is 5.67. The lowest BCUT2D eigenvalue weighted by Crippen LogP contribution is -2.37. The van der Waals surface area contributed by atoms with Crippen molar-refractivity contribution in [1.82, 2.24) is 5.32 Å². The molecular weight excluding hydrogens is 262 g/mol. The van der Waals surface area contributed by atoms with Gasteiger partial charge in [-0.25, -0.2) is 0 Å². The molecule has 3 heteroatoms. The van der Waals surface area contributed by atoms with Gasteiger partial charge >= 0.3 is 0 Å². The minimum absolute atomic E-state index is 0.0482. The Bertz CT molecular complexity index is 508. The van der Waals surface area contributed by atoms with Crippen molar-refractivity contribution in [3.63, 3.8) is 0 Å². The molecule has 0 aliphatic heterocycles. The third kappa shape index (κ3) is 5.25. The summed E-state index contributed by atoms with van der Waals surface area (Å²) >= 11 is 0. The highest BCUT2D eigenvalue weighted by Gasteiger charge is 2.14. The summed E-state index contributed by atoms with van der Waals surface area (Å²) in [5.41, 5.74) is 2.61. The van der Waals surface area contributed by atoms with Crippen LogP contribution in [0.15, 0.2) is 35.9 Å². The second-order valence-corrected chi connectivity index (χ2v) is 5.73. The van der Waals surface area contributed by atoms with Crippen molar-refractivity contribution in [2.24, 2.45) is 0 Å². The van der Waals surface area contributed by atoms with Crippen molar-refractivity contribution < 1.29 is 9.53 Å². The SMILES string of the molecule is Cc1cccc(OC(C)C(=O)NCCC2=CCCCC2)c1. The van der Waals surface area contributed by atoms with Crippen LogP contribution in [-0.4, -0.2) is 18.6 Å². The summed E-state index contributed by atoms with van der Waals surface area (Å²) in [5, 5.41) is 2.96. The van der Waals surface area contributed by atoms with E-state index < -0.39 is 6.10 Å². The van der Waals surface area contributed by atoms with E-state index in [0.29, 0.717) is 6.54 Å². The summed E-state index contributed by atoms with van der Waals surface area (Å²) in [6, 6.07) is 7.76. The molecule has 3 nitrogen and oxygen atoms in total. The highest BCUT2D eigenvalue weighted by molar-refractivity contribution is 5.80. The Morgan fingerprint density at radius 1 is 1.38 bits per heavy atom. The minimum Gasteiger partial charge on any atom is -0.481 e. The lowest BCUT2D eigenvalue weighted by Gasteiger charge is -2.16. The second kappa shape index (κ2) is 7.87. The van der Waals surface area contributed by atoms with Crippen LogP contribution in [0.4, 0.5) is 0 Å². The molecule has 0 saturated carbocycles. The maximum Gasteiger partial charge on any atom is 0.260 e. The van der Waals surface area contributed by atoms with Crippen LogP contribution in [0.3, 0.4) is 0 Å². The lowest BCUT2D eigenvalue weighted by molar-refractivity contribution is -0.127. The van der Waals surface area contributed by atoms with Crippen LogP contribution in [-0.2, 0) is 4.79 Å². The number of hydrogen-bond acceptors (Lipinski definition) is 2. The normalized spacial score (nSPS) is 16.0. The van der Waals surface area contributed by atoms with E-state index >= 15 is 0 Å². The van der Waals surface area contributed by atoms with Gasteiger partial charge in [0.25, 0.3) is 5.91 Å². The first-order valence-electron chi connectivity index (χ1n) is 7.84. The maximum atomic E-state index is 12.0. The number of aryl methyl sites for hydroxylation is 1. The minimum atomic E-state index is -0.466. The number of carbonyl (C=O) groups excluding carboxylic acids is 1. The lowest BCUT2D eigenvalue weighted by atomic mass is 9.97. The van der Waals surface area contributed by atoms with Gasteiger partial charge in [0, 0.05) is 6.54 Å². The van der Waals surface area contributed by atoms with Crippen LogP contribution < -0.4 is 10.1 Å². The molecule has 1 unspecified atom stereocenters. The van der Waals surface area contributed by atoms with E-state index in [1.165, 1.54) is 31.3 Å². The molecule has 0 bridgehead atoms. The Hall–Kier alpha value is -1.77. The quantitative estimate of drug-likeness (QED) is 0.809. The highest BCUT2D eigenvalue weighted by Crippen LogP contribution is 2.19. The van der Waals surface area contributed by atoms with Gasteiger partial charge in [0.15, 0.2) is 6.10 Å². The average molecular weight is 287 g/mol. The van der Waals surface area contributed by atoms with Crippen LogP contribution in [0.2, 0.25) is 0 Å². The summed E-state index contributed by atoms with van der Waals surface area (Å²) in [7, 11) is 0. The van der Waals surface area contributed by atoms with Gasteiger partial charge in [-0.1, -0.05) is 23.8 Å². The summed E-state index contributed by atoms with van der Waals surface area (Å²) in [6.07, 6.45) is 7.78. The van der Waals surface area contributed by atoms with Gasteiger partial charge in [-0.3, -0.25) is 4.79 Å². The van der Waals surface area contributed by atoms with Crippen molar-refractivity contribution in [3.05, 3.63) is 41.5 Å². The predicted molar refractivity (Wildman–Crippen MR) is 85.4 cm³/mol. The average Bonchev–Trinajstić information content (AvgIpc) is 2.48. The topological polar surface area (TPSA) is 38.3 Å². The first-order chi connectivity index (χ1) is 10.1. The first kappa shape index (κ1) is 15.6. The number of hydrogen-bond donors (Lipinski definition) is 1. The molecule has 1 aliphatic rings. The Balaban J connectivity index is 1.73. The number of amides is 1. The molecule has 114 valence electrons. The standard InChI is InChI=1S/C18H25NO2/c1-14-7-6-10-17(13-14)21-15(2)18(20)19-12-11-16-8-4-3-5-9-16/h6-8,10,13,15H,3-5,9,11-12H2,1-2H3,(H,19,20). The zero-order valence-electron chi connectivity index (χ0n) is 13.0. The van der Waals surface area contributed by atoms with E-state index in [2.05, 4.69) is 11.4 Å². The smallest absolute Gasteiger partial charge is 0.260 e. The van der Waals surface area contributed by atoms with Gasteiger partial charge in [-0.2, -0.15) is 0 Å². The van der Waals surface area contributed by atoms with E-state index in [9.17, 15) is 4.79 Å². The fraction of sp³-hybridized carbons (Fsp3) is 0.500. The fourth-order valence-corrected chi connectivity index (χ4v) is 2.57. The molecule has 1 amide bonds. The van der Waals surface area contributed by atoms with Gasteiger partial charge in [-0.15, -0.1) is 0 Å². The van der Waals surface area contributed by atoms with E-state index in [4.69, 9.17) is 4.74 Å². The Morgan fingerprint density at radius 2 is 2.24 bits per heavy atom. The number of nitrogens with one attached hydrogen (secondary N) is 1. The monoisotopic (exact) mass is 287 g/mol. The predicted octanol–water partition coefficient (Wildman–Crippen LogP) is 3.77. The van der Waals surface area contributed by atoms with E-state index in [1.54, 1.807) is 6.92 Å². The van der Waals surface area contributed by atoms with Crippen LogP contribution in [0.5, 0.6) is 5.75 Å². The van der Waals surface area contributed by atoms with Crippen molar-refractivity contribution in [2.45, 2.75) is 52.1 Å². The first-order valence-corrected chi connectivity index (χ1v) is 7.84. The Morgan fingerprint density at radius 3 is 2.95 bits per heavy atom. The molecule has 0 spiro atoms. The van der Waals surface area contributed by atoms with Gasteiger partial charge in [-0.05, 0) is 63.6 Å². The zero-order chi connectivity index (χ0) is 15.1. The van der Waals surface area contributed by atoms with Gasteiger partial charge < -0.3 is 10.1 Å². The van der Waals surface area contributed by atoms with Crippen LogP contribution in [0, 0.1) is 6.92 Å². The van der Waals surface area contributed by atoms with Crippen molar-refractivity contribution >= 4 is 5.91 Å². The number of rotatable bonds is 6. The summed E-state index contributed by atoms with van der Waals surface area (Å²) in [4.78, 5) is 12.0. The Labute approximate surface area is 127 Å². The number of benzene rings is 1. The number of carbonyl (C=O) groups is 1. The molecule has 0 heterocycles. The number of allylic oxidation sites excluding steroid dienone is 1. The van der Waals surface area contributed by atoms with Gasteiger partial charge in [0.1, 0.15) is 5.75 Å². The highest BCUT2D eigenvalue weighted by atomic mass is 16.5. The van der Waals surface area contributed by atoms with Crippen molar-refractivity contribution in [1.29, 1.82) is 0 Å². The van der Waals surface area contributed by atoms with E-state index in [-0.39, 0.29) is 5.91 Å².